The summed E-state index contributed by atoms with van der Waals surface area (Å²) in [4.78, 5) is 29.2. The highest BCUT2D eigenvalue weighted by Gasteiger charge is 2.31. The van der Waals surface area contributed by atoms with Gasteiger partial charge in [0.2, 0.25) is 0 Å². The molecule has 0 N–H and O–H groups in total. The summed E-state index contributed by atoms with van der Waals surface area (Å²) in [5.74, 6) is 0.287. The lowest BCUT2D eigenvalue weighted by Crippen LogP contribution is -2.46. The summed E-state index contributed by atoms with van der Waals surface area (Å²) in [6.45, 7) is 2.64. The van der Waals surface area contributed by atoms with Crippen LogP contribution >= 0.6 is 0 Å². The third-order valence-corrected chi connectivity index (χ3v) is 6.55. The molecule has 1 aliphatic heterocycles. The molecule has 3 aromatic carbocycles. The zero-order chi connectivity index (χ0) is 25.2. The van der Waals surface area contributed by atoms with E-state index in [2.05, 4.69) is 4.90 Å². The molecule has 0 aliphatic carbocycles. The molecule has 4 aromatic rings. The summed E-state index contributed by atoms with van der Waals surface area (Å²) in [6, 6.07) is 20.7. The van der Waals surface area contributed by atoms with Crippen molar-refractivity contribution >= 4 is 22.3 Å². The number of piperazine rings is 1. The van der Waals surface area contributed by atoms with Crippen LogP contribution in [0.1, 0.15) is 5.56 Å². The molecule has 5 rings (SSSR count). The van der Waals surface area contributed by atoms with Gasteiger partial charge in [0, 0.05) is 49.4 Å². The smallest absolute Gasteiger partial charge is 0.358 e. The van der Waals surface area contributed by atoms with Crippen LogP contribution in [0.3, 0.4) is 0 Å². The van der Waals surface area contributed by atoms with Gasteiger partial charge in [-0.2, -0.15) is 0 Å². The number of fused-ring (bicyclic) bond motifs is 1. The average molecular weight is 489 g/mol. The molecule has 2 heterocycles. The third-order valence-electron chi connectivity index (χ3n) is 6.55. The lowest BCUT2D eigenvalue weighted by atomic mass is 10.1. The summed E-state index contributed by atoms with van der Waals surface area (Å²) in [7, 11) is 1.55. The topological polar surface area (TPSA) is 80.8 Å². The number of nitrogens with zero attached hydrogens (tertiary/aromatic N) is 4. The number of para-hydroxylation sites is 2. The van der Waals surface area contributed by atoms with Crippen molar-refractivity contribution in [1.82, 2.24) is 9.47 Å². The van der Waals surface area contributed by atoms with Gasteiger partial charge in [0.1, 0.15) is 17.3 Å². The molecule has 0 bridgehead atoms. The van der Waals surface area contributed by atoms with Gasteiger partial charge < -0.3 is 9.64 Å². The summed E-state index contributed by atoms with van der Waals surface area (Å²) < 4.78 is 20.6. The van der Waals surface area contributed by atoms with E-state index in [1.165, 1.54) is 16.7 Å². The maximum Gasteiger partial charge on any atom is 0.358 e. The van der Waals surface area contributed by atoms with E-state index in [9.17, 15) is 19.3 Å². The third kappa shape index (κ3) is 4.29. The molecule has 0 unspecified atom stereocenters. The van der Waals surface area contributed by atoms with Crippen LogP contribution in [0, 0.1) is 15.9 Å². The highest BCUT2D eigenvalue weighted by Crippen LogP contribution is 2.35. The number of ether oxygens (including phenoxy) is 1. The van der Waals surface area contributed by atoms with Crippen LogP contribution in [0.15, 0.2) is 77.6 Å². The first-order chi connectivity index (χ1) is 17.5. The van der Waals surface area contributed by atoms with Gasteiger partial charge in [-0.15, -0.1) is 0 Å². The van der Waals surface area contributed by atoms with E-state index in [1.54, 1.807) is 37.4 Å². The first kappa shape index (κ1) is 23.5. The fourth-order valence-corrected chi connectivity index (χ4v) is 4.87. The van der Waals surface area contributed by atoms with Gasteiger partial charge in [0.15, 0.2) is 0 Å². The SMILES string of the molecule is COc1ccc(F)cc1CN1CCN(c2c([N+](=O)[O-])c(=O)n(-c3ccccc3)c3ccccc23)CC1. The summed E-state index contributed by atoms with van der Waals surface area (Å²) in [6.07, 6.45) is 0. The van der Waals surface area contributed by atoms with E-state index < -0.39 is 16.2 Å². The number of hydrogen-bond acceptors (Lipinski definition) is 6. The Labute approximate surface area is 206 Å². The molecule has 0 amide bonds. The Kier molecular flexibility index (Phi) is 6.39. The molecular formula is C27H25FN4O4. The van der Waals surface area contributed by atoms with Gasteiger partial charge in [-0.3, -0.25) is 24.4 Å². The van der Waals surface area contributed by atoms with Crippen molar-refractivity contribution < 1.29 is 14.1 Å². The van der Waals surface area contributed by atoms with Gasteiger partial charge in [-0.25, -0.2) is 4.39 Å². The second-order valence-electron chi connectivity index (χ2n) is 8.67. The van der Waals surface area contributed by atoms with Crippen molar-refractivity contribution in [1.29, 1.82) is 0 Å². The molecule has 0 radical (unpaired) electrons. The Hall–Kier alpha value is -4.24. The van der Waals surface area contributed by atoms with E-state index in [-0.39, 0.29) is 5.82 Å². The van der Waals surface area contributed by atoms with Gasteiger partial charge in [0.25, 0.3) is 0 Å². The number of nitro groups is 1. The fraction of sp³-hybridized carbons (Fsp3) is 0.222. The molecule has 0 atom stereocenters. The van der Waals surface area contributed by atoms with Crippen molar-refractivity contribution in [2.24, 2.45) is 0 Å². The van der Waals surface area contributed by atoms with Crippen LogP contribution in [0.4, 0.5) is 15.8 Å². The first-order valence-electron chi connectivity index (χ1n) is 11.6. The molecule has 1 fully saturated rings. The minimum Gasteiger partial charge on any atom is -0.496 e. The van der Waals surface area contributed by atoms with Crippen molar-refractivity contribution in [3.63, 3.8) is 0 Å². The number of pyridine rings is 1. The van der Waals surface area contributed by atoms with Crippen LogP contribution in [-0.2, 0) is 6.54 Å². The Morgan fingerprint density at radius 1 is 0.972 bits per heavy atom. The predicted octanol–water partition coefficient (Wildman–Crippen LogP) is 4.37. The standard InChI is InChI=1S/C27H25FN4O4/c1-36-24-12-11-20(28)17-19(24)18-29-13-15-30(16-14-29)25-22-9-5-6-10-23(22)31(21-7-3-2-4-8-21)27(33)26(25)32(34)35/h2-12,17H,13-16,18H2,1H3. The number of rotatable bonds is 6. The van der Waals surface area contributed by atoms with E-state index >= 15 is 0 Å². The van der Waals surface area contributed by atoms with Crippen molar-refractivity contribution in [3.8, 4) is 11.4 Å². The molecule has 1 aliphatic rings. The van der Waals surface area contributed by atoms with Crippen LogP contribution < -0.4 is 15.2 Å². The molecule has 0 saturated carbocycles. The number of aromatic nitrogens is 1. The minimum atomic E-state index is -0.660. The zero-order valence-corrected chi connectivity index (χ0v) is 19.8. The molecular weight excluding hydrogens is 463 g/mol. The number of anilines is 1. The Bertz CT molecular complexity index is 1480. The maximum absolute atomic E-state index is 13.8. The number of methoxy groups -OCH3 is 1. The van der Waals surface area contributed by atoms with Gasteiger partial charge in [-0.1, -0.05) is 36.4 Å². The summed E-state index contributed by atoms with van der Waals surface area (Å²) in [5.41, 5.74) is 1.18. The Balaban J connectivity index is 1.51. The van der Waals surface area contributed by atoms with Gasteiger partial charge in [-0.05, 0) is 36.4 Å². The van der Waals surface area contributed by atoms with Crippen LogP contribution in [0.5, 0.6) is 5.75 Å². The van der Waals surface area contributed by atoms with Gasteiger partial charge in [0.05, 0.1) is 17.5 Å². The number of halogens is 1. The second kappa shape index (κ2) is 9.79. The fourth-order valence-electron chi connectivity index (χ4n) is 4.87. The van der Waals surface area contributed by atoms with E-state index in [0.717, 1.165) is 5.56 Å². The minimum absolute atomic E-state index is 0.328. The molecule has 9 heteroatoms. The second-order valence-corrected chi connectivity index (χ2v) is 8.67. The first-order valence-corrected chi connectivity index (χ1v) is 11.6. The van der Waals surface area contributed by atoms with Crippen molar-refractivity contribution in [2.45, 2.75) is 6.54 Å². The predicted molar refractivity (Wildman–Crippen MR) is 137 cm³/mol. The lowest BCUT2D eigenvalue weighted by molar-refractivity contribution is -0.385. The van der Waals surface area contributed by atoms with Gasteiger partial charge >= 0.3 is 11.2 Å². The van der Waals surface area contributed by atoms with E-state index in [4.69, 9.17) is 4.74 Å². The quantitative estimate of drug-likeness (QED) is 0.296. The Morgan fingerprint density at radius 2 is 1.67 bits per heavy atom. The highest BCUT2D eigenvalue weighted by molar-refractivity contribution is 5.97. The highest BCUT2D eigenvalue weighted by atomic mass is 19.1. The lowest BCUT2D eigenvalue weighted by Gasteiger charge is -2.36. The number of hydrogen-bond donors (Lipinski definition) is 0. The molecule has 36 heavy (non-hydrogen) atoms. The van der Waals surface area contributed by atoms with Crippen LogP contribution in [0.25, 0.3) is 16.6 Å². The van der Waals surface area contributed by atoms with Crippen LogP contribution in [-0.4, -0.2) is 47.7 Å². The summed E-state index contributed by atoms with van der Waals surface area (Å²) >= 11 is 0. The van der Waals surface area contributed by atoms with Crippen molar-refractivity contribution in [2.75, 3.05) is 38.2 Å². The largest absolute Gasteiger partial charge is 0.496 e. The zero-order valence-electron chi connectivity index (χ0n) is 19.8. The normalized spacial score (nSPS) is 14.2. The van der Waals surface area contributed by atoms with Crippen LogP contribution in [0.2, 0.25) is 0 Å². The van der Waals surface area contributed by atoms with Crippen molar-refractivity contribution in [3.05, 3.63) is 105 Å². The Morgan fingerprint density at radius 3 is 2.36 bits per heavy atom. The van der Waals surface area contributed by atoms with E-state index in [1.807, 2.05) is 35.2 Å². The molecule has 184 valence electrons. The summed E-state index contributed by atoms with van der Waals surface area (Å²) in [5, 5.41) is 12.9. The number of benzene rings is 3. The molecule has 1 saturated heterocycles. The van der Waals surface area contributed by atoms with E-state index in [0.29, 0.717) is 60.8 Å². The molecule has 1 aromatic heterocycles. The molecule has 8 nitrogen and oxygen atoms in total. The maximum atomic E-state index is 13.8. The molecule has 0 spiro atoms. The monoisotopic (exact) mass is 488 g/mol. The average Bonchev–Trinajstić information content (AvgIpc) is 2.89.